The highest BCUT2D eigenvalue weighted by molar-refractivity contribution is 7.89. The molecule has 3 rings (SSSR count). The molecule has 1 aromatic rings. The molecular formula is C19H25ClF3N3O4S. The summed E-state index contributed by atoms with van der Waals surface area (Å²) in [7, 11) is -3.84. The van der Waals surface area contributed by atoms with Gasteiger partial charge in [-0.25, -0.2) is 8.42 Å². The second kappa shape index (κ2) is 8.86. The third-order valence-electron chi connectivity index (χ3n) is 5.90. The summed E-state index contributed by atoms with van der Waals surface area (Å²) in [6, 6.07) is 3.74. The van der Waals surface area contributed by atoms with E-state index >= 15 is 0 Å². The van der Waals surface area contributed by atoms with Crippen molar-refractivity contribution in [3.63, 3.8) is 0 Å². The number of hydrogen-bond acceptors (Lipinski definition) is 5. The van der Waals surface area contributed by atoms with Crippen molar-refractivity contribution in [2.24, 2.45) is 0 Å². The number of hydrogen-bond donors (Lipinski definition) is 2. The van der Waals surface area contributed by atoms with Crippen molar-refractivity contribution in [3.8, 4) is 0 Å². The number of piperidine rings is 1. The van der Waals surface area contributed by atoms with Crippen molar-refractivity contribution in [1.82, 2.24) is 9.21 Å². The summed E-state index contributed by atoms with van der Waals surface area (Å²) in [4.78, 5) is 14.1. The molecule has 1 amide bonds. The van der Waals surface area contributed by atoms with Crippen LogP contribution >= 0.6 is 11.6 Å². The number of carbonyl (C=O) groups is 1. The third-order valence-corrected chi connectivity index (χ3v) is 8.11. The third kappa shape index (κ3) is 5.00. The number of benzene rings is 1. The van der Waals surface area contributed by atoms with E-state index in [2.05, 4.69) is 4.90 Å². The molecule has 2 aliphatic heterocycles. The van der Waals surface area contributed by atoms with E-state index < -0.39 is 27.7 Å². The molecule has 0 saturated carbocycles. The summed E-state index contributed by atoms with van der Waals surface area (Å²) >= 11 is 6.02. The Morgan fingerprint density at radius 3 is 2.26 bits per heavy atom. The maximum absolute atomic E-state index is 13.0. The smallest absolute Gasteiger partial charge is 0.373 e. The fraction of sp³-hybridized carbons (Fsp3) is 0.632. The van der Waals surface area contributed by atoms with Crippen LogP contribution in [0.15, 0.2) is 23.1 Å². The number of sulfonamides is 1. The van der Waals surface area contributed by atoms with Gasteiger partial charge in [0.25, 0.3) is 5.91 Å². The van der Waals surface area contributed by atoms with Crippen molar-refractivity contribution >= 4 is 33.2 Å². The standard InChI is InChI=1S/C19H25ClF3N3O4S/c1-18(28,19(21,22)23)17(27)24-16-5-4-14(12-15(16)20)31(29,30)26-10-6-13(7-11-26)25-8-2-3-9-25/h4-5,12-13,28H,2-3,6-11H2,1H3,(H,24,27). The summed E-state index contributed by atoms with van der Waals surface area (Å²) in [6.45, 7) is 3.14. The Kier molecular flexibility index (Phi) is 6.93. The van der Waals surface area contributed by atoms with Crippen LogP contribution in [-0.4, -0.2) is 72.6 Å². The highest BCUT2D eigenvalue weighted by Crippen LogP contribution is 2.33. The highest BCUT2D eigenvalue weighted by atomic mass is 35.5. The molecule has 0 spiro atoms. The SMILES string of the molecule is CC(O)(C(=O)Nc1ccc(S(=O)(=O)N2CCC(N3CCCC3)CC2)cc1Cl)C(F)(F)F. The van der Waals surface area contributed by atoms with Crippen LogP contribution in [0.5, 0.6) is 0 Å². The molecule has 0 aromatic heterocycles. The molecule has 7 nitrogen and oxygen atoms in total. The molecule has 2 saturated heterocycles. The molecule has 1 atom stereocenters. The van der Waals surface area contributed by atoms with Gasteiger partial charge in [0.05, 0.1) is 15.6 Å². The van der Waals surface area contributed by atoms with Crippen molar-refractivity contribution in [2.75, 3.05) is 31.5 Å². The Labute approximate surface area is 184 Å². The van der Waals surface area contributed by atoms with E-state index in [0.717, 1.165) is 50.9 Å². The Balaban J connectivity index is 1.69. The molecule has 0 radical (unpaired) electrons. The zero-order chi connectivity index (χ0) is 23.0. The van der Waals surface area contributed by atoms with Gasteiger partial charge in [-0.05, 0) is 63.9 Å². The highest BCUT2D eigenvalue weighted by Gasteiger charge is 2.55. The number of amides is 1. The number of carbonyl (C=O) groups excluding carboxylic acids is 1. The first kappa shape index (κ1) is 24.2. The molecule has 1 unspecified atom stereocenters. The first-order valence-corrected chi connectivity index (χ1v) is 11.8. The van der Waals surface area contributed by atoms with E-state index in [0.29, 0.717) is 26.1 Å². The molecule has 2 fully saturated rings. The second-order valence-electron chi connectivity index (χ2n) is 8.04. The van der Waals surface area contributed by atoms with Crippen LogP contribution in [0.3, 0.4) is 0 Å². The van der Waals surface area contributed by atoms with E-state index in [1.165, 1.54) is 10.4 Å². The predicted octanol–water partition coefficient (Wildman–Crippen LogP) is 2.84. The van der Waals surface area contributed by atoms with Gasteiger partial charge in [-0.15, -0.1) is 0 Å². The summed E-state index contributed by atoms with van der Waals surface area (Å²) in [6.07, 6.45) is -1.40. The van der Waals surface area contributed by atoms with Gasteiger partial charge in [0, 0.05) is 19.1 Å². The van der Waals surface area contributed by atoms with Gasteiger partial charge in [-0.3, -0.25) is 4.79 Å². The molecule has 12 heteroatoms. The number of halogens is 4. The topological polar surface area (TPSA) is 89.9 Å². The van der Waals surface area contributed by atoms with Crippen LogP contribution in [0.25, 0.3) is 0 Å². The normalized spacial score (nSPS) is 21.7. The molecule has 2 N–H and O–H groups in total. The number of aliphatic hydroxyl groups is 1. The number of likely N-dealkylation sites (tertiary alicyclic amines) is 1. The van der Waals surface area contributed by atoms with Gasteiger partial charge < -0.3 is 15.3 Å². The average molecular weight is 484 g/mol. The van der Waals surface area contributed by atoms with Crippen molar-refractivity contribution in [1.29, 1.82) is 0 Å². The number of alkyl halides is 3. The minimum Gasteiger partial charge on any atom is -0.373 e. The van der Waals surface area contributed by atoms with E-state index in [9.17, 15) is 31.5 Å². The Bertz CT molecular complexity index is 926. The molecule has 1 aromatic carbocycles. The van der Waals surface area contributed by atoms with Gasteiger partial charge in [0.1, 0.15) is 0 Å². The lowest BCUT2D eigenvalue weighted by atomic mass is 10.1. The maximum Gasteiger partial charge on any atom is 0.426 e. The molecule has 2 aliphatic rings. The van der Waals surface area contributed by atoms with E-state index in [1.54, 1.807) is 0 Å². The fourth-order valence-corrected chi connectivity index (χ4v) is 5.62. The monoisotopic (exact) mass is 483 g/mol. The largest absolute Gasteiger partial charge is 0.426 e. The van der Waals surface area contributed by atoms with Crippen LogP contribution in [-0.2, 0) is 14.8 Å². The Morgan fingerprint density at radius 1 is 1.16 bits per heavy atom. The zero-order valence-electron chi connectivity index (χ0n) is 17.0. The van der Waals surface area contributed by atoms with Crippen LogP contribution in [0.4, 0.5) is 18.9 Å². The van der Waals surface area contributed by atoms with Gasteiger partial charge in [0.2, 0.25) is 15.6 Å². The Hall–Kier alpha value is -1.40. The van der Waals surface area contributed by atoms with Gasteiger partial charge in [-0.2, -0.15) is 17.5 Å². The maximum atomic E-state index is 13.0. The van der Waals surface area contributed by atoms with Crippen LogP contribution in [0.1, 0.15) is 32.6 Å². The van der Waals surface area contributed by atoms with Crippen LogP contribution in [0, 0.1) is 0 Å². The molecule has 0 aliphatic carbocycles. The predicted molar refractivity (Wildman–Crippen MR) is 109 cm³/mol. The number of nitrogens with one attached hydrogen (secondary N) is 1. The van der Waals surface area contributed by atoms with E-state index in [-0.39, 0.29) is 15.6 Å². The van der Waals surface area contributed by atoms with Crippen molar-refractivity contribution in [3.05, 3.63) is 23.2 Å². The minimum absolute atomic E-state index is 0.113. The van der Waals surface area contributed by atoms with Gasteiger partial charge >= 0.3 is 6.18 Å². The van der Waals surface area contributed by atoms with Crippen LogP contribution < -0.4 is 5.32 Å². The number of anilines is 1. The van der Waals surface area contributed by atoms with E-state index in [1.807, 2.05) is 5.32 Å². The van der Waals surface area contributed by atoms with Crippen molar-refractivity contribution < 1.29 is 31.5 Å². The molecule has 174 valence electrons. The number of rotatable bonds is 5. The van der Waals surface area contributed by atoms with Gasteiger partial charge in [0.15, 0.2) is 0 Å². The minimum atomic E-state index is -5.19. The van der Waals surface area contributed by atoms with Crippen LogP contribution in [0.2, 0.25) is 5.02 Å². The summed E-state index contributed by atoms with van der Waals surface area (Å²) < 4.78 is 65.7. The lowest BCUT2D eigenvalue weighted by Crippen LogP contribution is -2.52. The summed E-state index contributed by atoms with van der Waals surface area (Å²) in [5.74, 6) is -1.72. The Morgan fingerprint density at radius 2 is 1.74 bits per heavy atom. The number of nitrogens with zero attached hydrogens (tertiary/aromatic N) is 2. The molecule has 31 heavy (non-hydrogen) atoms. The van der Waals surface area contributed by atoms with Crippen molar-refractivity contribution in [2.45, 2.75) is 55.3 Å². The fourth-order valence-electron chi connectivity index (χ4n) is 3.83. The first-order chi connectivity index (χ1) is 14.3. The lowest BCUT2D eigenvalue weighted by molar-refractivity contribution is -0.242. The van der Waals surface area contributed by atoms with E-state index in [4.69, 9.17) is 11.6 Å². The summed E-state index contributed by atoms with van der Waals surface area (Å²) in [5.41, 5.74) is -3.86. The lowest BCUT2D eigenvalue weighted by Gasteiger charge is -2.36. The molecular weight excluding hydrogens is 459 g/mol. The first-order valence-electron chi connectivity index (χ1n) is 9.98. The average Bonchev–Trinajstić information content (AvgIpc) is 3.23. The molecule has 2 heterocycles. The second-order valence-corrected chi connectivity index (χ2v) is 10.4. The quantitative estimate of drug-likeness (QED) is 0.672. The van der Waals surface area contributed by atoms with Gasteiger partial charge in [-0.1, -0.05) is 11.6 Å². The zero-order valence-corrected chi connectivity index (χ0v) is 18.5. The summed E-state index contributed by atoms with van der Waals surface area (Å²) in [5, 5.41) is 11.1. The molecule has 0 bridgehead atoms.